The Kier molecular flexibility index (Phi) is 5.61. The molecule has 0 radical (unpaired) electrons. The molecule has 1 fully saturated rings. The topological polar surface area (TPSA) is 77.0 Å². The number of para-hydroxylation sites is 2. The maximum Gasteiger partial charge on any atom is 0.267 e. The van der Waals surface area contributed by atoms with Crippen molar-refractivity contribution in [2.45, 2.75) is 6.10 Å². The zero-order valence-corrected chi connectivity index (χ0v) is 20.0. The molecular formula is C26H24N4O4S. The number of nitrogens with zero attached hydrogens (tertiary/aromatic N) is 4. The van der Waals surface area contributed by atoms with E-state index < -0.39 is 6.10 Å². The summed E-state index contributed by atoms with van der Waals surface area (Å²) in [6.07, 6.45) is 0.995. The molecule has 9 heteroatoms. The van der Waals surface area contributed by atoms with Crippen LogP contribution >= 0.6 is 11.3 Å². The Hall–Kier alpha value is -3.85. The molecule has 2 aliphatic heterocycles. The largest absolute Gasteiger partial charge is 0.497 e. The Labute approximate surface area is 206 Å². The fraction of sp³-hybridized carbons (Fsp3) is 0.269. The predicted molar refractivity (Wildman–Crippen MR) is 135 cm³/mol. The van der Waals surface area contributed by atoms with Crippen molar-refractivity contribution in [2.24, 2.45) is 0 Å². The second-order valence-electron chi connectivity index (χ2n) is 8.43. The van der Waals surface area contributed by atoms with Crippen molar-refractivity contribution in [1.29, 1.82) is 0 Å². The first-order chi connectivity index (χ1) is 17.2. The van der Waals surface area contributed by atoms with Crippen LogP contribution in [0.25, 0.3) is 21.3 Å². The first-order valence-corrected chi connectivity index (χ1v) is 12.4. The molecule has 0 saturated carbocycles. The summed E-state index contributed by atoms with van der Waals surface area (Å²) in [4.78, 5) is 27.3. The Bertz CT molecular complexity index is 1370. The minimum Gasteiger partial charge on any atom is -0.497 e. The van der Waals surface area contributed by atoms with Crippen LogP contribution in [0.15, 0.2) is 60.2 Å². The first-order valence-electron chi connectivity index (χ1n) is 11.5. The van der Waals surface area contributed by atoms with Crippen LogP contribution in [0.2, 0.25) is 0 Å². The van der Waals surface area contributed by atoms with Gasteiger partial charge in [0.2, 0.25) is 6.10 Å². The van der Waals surface area contributed by atoms with E-state index in [9.17, 15) is 4.79 Å². The zero-order valence-electron chi connectivity index (χ0n) is 19.2. The summed E-state index contributed by atoms with van der Waals surface area (Å²) in [6, 6.07) is 15.5. The van der Waals surface area contributed by atoms with Gasteiger partial charge in [0.15, 0.2) is 11.5 Å². The Morgan fingerprint density at radius 3 is 2.57 bits per heavy atom. The highest BCUT2D eigenvalue weighted by molar-refractivity contribution is 7.17. The van der Waals surface area contributed by atoms with E-state index in [1.807, 2.05) is 41.3 Å². The third-order valence-electron chi connectivity index (χ3n) is 6.43. The third-order valence-corrected chi connectivity index (χ3v) is 7.31. The number of ether oxygens (including phenoxy) is 3. The molecular weight excluding hydrogens is 464 g/mol. The van der Waals surface area contributed by atoms with Gasteiger partial charge in [0.25, 0.3) is 5.91 Å². The molecule has 4 heterocycles. The molecule has 0 bridgehead atoms. The fourth-order valence-corrected chi connectivity index (χ4v) is 5.48. The van der Waals surface area contributed by atoms with Crippen molar-refractivity contribution in [3.05, 3.63) is 60.2 Å². The molecule has 35 heavy (non-hydrogen) atoms. The van der Waals surface area contributed by atoms with E-state index in [4.69, 9.17) is 14.2 Å². The van der Waals surface area contributed by atoms with Crippen molar-refractivity contribution in [1.82, 2.24) is 14.9 Å². The SMILES string of the molecule is COc1ccc(-c2csc3ncnc(N4CCN(C(=O)C5COc6ccccc6O5)CC4)c23)cc1. The number of hydrogen-bond acceptors (Lipinski definition) is 8. The summed E-state index contributed by atoms with van der Waals surface area (Å²) in [5.74, 6) is 2.98. The number of fused-ring (bicyclic) bond motifs is 2. The van der Waals surface area contributed by atoms with Crippen LogP contribution in [0.1, 0.15) is 0 Å². The molecule has 2 aromatic carbocycles. The maximum absolute atomic E-state index is 13.1. The first kappa shape index (κ1) is 21.7. The minimum atomic E-state index is -0.624. The molecule has 0 spiro atoms. The molecule has 2 aromatic heterocycles. The van der Waals surface area contributed by atoms with Crippen molar-refractivity contribution < 1.29 is 19.0 Å². The summed E-state index contributed by atoms with van der Waals surface area (Å²) >= 11 is 1.61. The fourth-order valence-electron chi connectivity index (χ4n) is 4.57. The number of amides is 1. The van der Waals surface area contributed by atoms with Crippen LogP contribution in [0, 0.1) is 0 Å². The highest BCUT2D eigenvalue weighted by Crippen LogP contribution is 2.38. The van der Waals surface area contributed by atoms with Crippen LogP contribution < -0.4 is 19.1 Å². The van der Waals surface area contributed by atoms with Gasteiger partial charge in [0, 0.05) is 37.1 Å². The number of rotatable bonds is 4. The number of thiophene rings is 1. The number of carbonyl (C=O) groups is 1. The number of anilines is 1. The number of methoxy groups -OCH3 is 1. The van der Waals surface area contributed by atoms with Gasteiger partial charge in [-0.25, -0.2) is 9.97 Å². The third kappa shape index (κ3) is 4.01. The molecule has 1 atom stereocenters. The van der Waals surface area contributed by atoms with Crippen LogP contribution in [0.5, 0.6) is 17.2 Å². The van der Waals surface area contributed by atoms with Crippen LogP contribution in [-0.2, 0) is 4.79 Å². The van der Waals surface area contributed by atoms with E-state index >= 15 is 0 Å². The predicted octanol–water partition coefficient (Wildman–Crippen LogP) is 3.86. The van der Waals surface area contributed by atoms with Gasteiger partial charge in [0.1, 0.15) is 29.3 Å². The average molecular weight is 489 g/mol. The molecule has 6 rings (SSSR count). The normalized spacial score (nSPS) is 17.5. The molecule has 2 aliphatic rings. The number of carbonyl (C=O) groups excluding carboxylic acids is 1. The minimum absolute atomic E-state index is 0.0403. The Balaban J connectivity index is 1.19. The summed E-state index contributed by atoms with van der Waals surface area (Å²) in [6.45, 7) is 2.77. The molecule has 1 unspecified atom stereocenters. The van der Waals surface area contributed by atoms with Gasteiger partial charge < -0.3 is 24.0 Å². The lowest BCUT2D eigenvalue weighted by molar-refractivity contribution is -0.141. The van der Waals surface area contributed by atoms with Gasteiger partial charge in [-0.1, -0.05) is 24.3 Å². The zero-order chi connectivity index (χ0) is 23.8. The number of hydrogen-bond donors (Lipinski definition) is 0. The summed E-state index contributed by atoms with van der Waals surface area (Å²) in [7, 11) is 1.66. The lowest BCUT2D eigenvalue weighted by Crippen LogP contribution is -2.54. The second-order valence-corrected chi connectivity index (χ2v) is 9.29. The molecule has 1 amide bonds. The lowest BCUT2D eigenvalue weighted by Gasteiger charge is -2.37. The Morgan fingerprint density at radius 1 is 1.03 bits per heavy atom. The number of aromatic nitrogens is 2. The van der Waals surface area contributed by atoms with Crippen molar-refractivity contribution in [3.63, 3.8) is 0 Å². The van der Waals surface area contributed by atoms with Crippen molar-refractivity contribution in [2.75, 3.05) is 44.8 Å². The lowest BCUT2D eigenvalue weighted by atomic mass is 10.1. The van der Waals surface area contributed by atoms with E-state index in [2.05, 4.69) is 32.4 Å². The van der Waals surface area contributed by atoms with Gasteiger partial charge in [-0.15, -0.1) is 11.3 Å². The smallest absolute Gasteiger partial charge is 0.267 e. The van der Waals surface area contributed by atoms with E-state index in [-0.39, 0.29) is 12.5 Å². The van der Waals surface area contributed by atoms with Gasteiger partial charge in [-0.05, 0) is 29.8 Å². The molecule has 0 N–H and O–H groups in total. The standard InChI is InChI=1S/C26H24N4O4S/c1-32-18-8-6-17(7-9-18)19-15-35-25-23(19)24(27-16-28-25)29-10-12-30(13-11-29)26(31)22-14-33-20-4-2-3-5-21(20)34-22/h2-9,15-16,22H,10-14H2,1H3. The quantitative estimate of drug-likeness (QED) is 0.432. The summed E-state index contributed by atoms with van der Waals surface area (Å²) < 4.78 is 17.0. The van der Waals surface area contributed by atoms with Gasteiger partial charge in [-0.2, -0.15) is 0 Å². The average Bonchev–Trinajstić information content (AvgIpc) is 3.37. The van der Waals surface area contributed by atoms with E-state index in [0.717, 1.165) is 32.9 Å². The molecule has 178 valence electrons. The summed E-state index contributed by atoms with van der Waals surface area (Å²) in [5.41, 5.74) is 2.20. The molecule has 0 aliphatic carbocycles. The van der Waals surface area contributed by atoms with Gasteiger partial charge >= 0.3 is 0 Å². The molecule has 1 saturated heterocycles. The number of piperazine rings is 1. The molecule has 8 nitrogen and oxygen atoms in total. The maximum atomic E-state index is 13.1. The summed E-state index contributed by atoms with van der Waals surface area (Å²) in [5, 5.41) is 3.17. The van der Waals surface area contributed by atoms with E-state index in [1.165, 1.54) is 0 Å². The van der Waals surface area contributed by atoms with E-state index in [1.54, 1.807) is 24.8 Å². The van der Waals surface area contributed by atoms with Crippen LogP contribution in [0.3, 0.4) is 0 Å². The highest BCUT2D eigenvalue weighted by atomic mass is 32.1. The highest BCUT2D eigenvalue weighted by Gasteiger charge is 2.33. The second kappa shape index (κ2) is 9.07. The Morgan fingerprint density at radius 2 is 1.80 bits per heavy atom. The van der Waals surface area contributed by atoms with Crippen molar-refractivity contribution >= 4 is 33.3 Å². The molecule has 4 aromatic rings. The van der Waals surface area contributed by atoms with Gasteiger partial charge in [0.05, 0.1) is 12.5 Å². The van der Waals surface area contributed by atoms with E-state index in [0.29, 0.717) is 37.7 Å². The van der Waals surface area contributed by atoms with Crippen LogP contribution in [0.4, 0.5) is 5.82 Å². The van der Waals surface area contributed by atoms with Gasteiger partial charge in [-0.3, -0.25) is 4.79 Å². The monoisotopic (exact) mass is 488 g/mol. The van der Waals surface area contributed by atoms with Crippen molar-refractivity contribution in [3.8, 4) is 28.4 Å². The number of benzene rings is 2. The van der Waals surface area contributed by atoms with Crippen LogP contribution in [-0.4, -0.2) is 66.8 Å².